The second-order valence-electron chi connectivity index (χ2n) is 12.3. The third-order valence-corrected chi connectivity index (χ3v) is 8.37. The highest BCUT2D eigenvalue weighted by Gasteiger charge is 2.49. The van der Waals surface area contributed by atoms with Crippen LogP contribution in [0.1, 0.15) is 161 Å². The lowest BCUT2D eigenvalue weighted by Gasteiger charge is -2.25. The Morgan fingerprint density at radius 3 is 1.65 bits per heavy atom. The van der Waals surface area contributed by atoms with Gasteiger partial charge in [-0.2, -0.15) is 4.98 Å². The third-order valence-electron chi connectivity index (χ3n) is 8.37. The fourth-order valence-electron chi connectivity index (χ4n) is 5.66. The molecule has 2 rings (SSSR count). The smallest absolute Gasteiger partial charge is 0.351 e. The minimum atomic E-state index is -0.966. The number of anilines is 1. The Bertz CT molecular complexity index is 997. The second kappa shape index (κ2) is 21.3. The van der Waals surface area contributed by atoms with Crippen molar-refractivity contribution in [3.05, 3.63) is 22.2 Å². The fourth-order valence-corrected chi connectivity index (χ4v) is 5.66. The van der Waals surface area contributed by atoms with Crippen LogP contribution in [-0.2, 0) is 23.8 Å². The Morgan fingerprint density at radius 1 is 0.767 bits per heavy atom. The summed E-state index contributed by atoms with van der Waals surface area (Å²) in [5, 5.41) is 0. The van der Waals surface area contributed by atoms with E-state index in [0.29, 0.717) is 12.0 Å². The summed E-state index contributed by atoms with van der Waals surface area (Å²) in [6.07, 6.45) is 19.5. The number of rotatable bonds is 23. The van der Waals surface area contributed by atoms with E-state index >= 15 is 0 Å². The molecule has 2 N–H and O–H groups in total. The molecule has 0 radical (unpaired) electrons. The van der Waals surface area contributed by atoms with E-state index in [-0.39, 0.29) is 24.2 Å². The monoisotopic (exact) mass is 605 g/mol. The number of carbonyl (C=O) groups excluding carboxylic acids is 2. The molecule has 2 heterocycles. The first-order valence-electron chi connectivity index (χ1n) is 17.2. The molecule has 0 spiro atoms. The lowest BCUT2D eigenvalue weighted by Crippen LogP contribution is -2.41. The summed E-state index contributed by atoms with van der Waals surface area (Å²) >= 11 is 0. The first kappa shape index (κ1) is 36.8. The first-order valence-corrected chi connectivity index (χ1v) is 17.2. The standard InChI is InChI=1S/C34H59N3O6/c1-5-7-9-11-13-15-17-19-21-23-28(38)42-30-27(4)41-33(37-25-26(3)32(35)36-34(37)40)31(30)43-29(39)24-22-20-18-16-14-12-10-8-6-2/h25,27,30-31,33H,5-24H2,1-4H3,(H2,35,36,40)/t27-,30-,31-,33-/m1/s1. The number of nitrogens with two attached hydrogens (primary N) is 1. The lowest BCUT2D eigenvalue weighted by molar-refractivity contribution is -0.168. The molecular weight excluding hydrogens is 546 g/mol. The maximum Gasteiger partial charge on any atom is 0.351 e. The number of esters is 2. The molecule has 1 saturated heterocycles. The highest BCUT2D eigenvalue weighted by Crippen LogP contribution is 2.34. The van der Waals surface area contributed by atoms with Crippen molar-refractivity contribution in [3.8, 4) is 0 Å². The van der Waals surface area contributed by atoms with Crippen LogP contribution in [0.25, 0.3) is 0 Å². The Morgan fingerprint density at radius 2 is 1.19 bits per heavy atom. The Labute approximate surface area is 259 Å². The number of ether oxygens (including phenoxy) is 3. The van der Waals surface area contributed by atoms with E-state index in [0.717, 1.165) is 38.5 Å². The molecule has 1 aromatic rings. The van der Waals surface area contributed by atoms with Gasteiger partial charge in [-0.05, 0) is 26.7 Å². The average Bonchev–Trinajstić information content (AvgIpc) is 3.26. The van der Waals surface area contributed by atoms with Gasteiger partial charge in [-0.1, -0.05) is 117 Å². The van der Waals surface area contributed by atoms with Gasteiger partial charge in [-0.3, -0.25) is 14.2 Å². The van der Waals surface area contributed by atoms with Crippen LogP contribution < -0.4 is 11.4 Å². The van der Waals surface area contributed by atoms with E-state index in [9.17, 15) is 14.4 Å². The van der Waals surface area contributed by atoms with E-state index in [1.165, 1.54) is 81.6 Å². The molecule has 9 heteroatoms. The quantitative estimate of drug-likeness (QED) is 0.0993. The number of hydrogen-bond acceptors (Lipinski definition) is 8. The normalized spacial score (nSPS) is 19.9. The summed E-state index contributed by atoms with van der Waals surface area (Å²) in [6, 6.07) is 0. The number of aryl methyl sites for hydroxylation is 1. The molecule has 0 amide bonds. The highest BCUT2D eigenvalue weighted by atomic mass is 16.6. The van der Waals surface area contributed by atoms with Gasteiger partial charge < -0.3 is 19.9 Å². The number of unbranched alkanes of at least 4 members (excludes halogenated alkanes) is 16. The summed E-state index contributed by atoms with van der Waals surface area (Å²) in [7, 11) is 0. The zero-order chi connectivity index (χ0) is 31.5. The molecular formula is C34H59N3O6. The van der Waals surface area contributed by atoms with Gasteiger partial charge in [0.15, 0.2) is 18.4 Å². The van der Waals surface area contributed by atoms with Crippen LogP contribution in [0, 0.1) is 6.92 Å². The SMILES string of the molecule is CCCCCCCCCCCC(=O)O[C@@H]1[C@H](OC(=O)CCCCCCCCCCC)[C@@H](C)O[C@H]1n1cc(C)c(N)nc1=O. The summed E-state index contributed by atoms with van der Waals surface area (Å²) in [5.41, 5.74) is 5.82. The zero-order valence-electron chi connectivity index (χ0n) is 27.5. The van der Waals surface area contributed by atoms with Gasteiger partial charge in [0, 0.05) is 24.6 Å². The number of nitrogens with zero attached hydrogens (tertiary/aromatic N) is 2. The van der Waals surface area contributed by atoms with Crippen LogP contribution in [0.3, 0.4) is 0 Å². The van der Waals surface area contributed by atoms with Gasteiger partial charge in [0.1, 0.15) is 5.82 Å². The van der Waals surface area contributed by atoms with Crippen molar-refractivity contribution in [2.75, 3.05) is 5.73 Å². The molecule has 0 aliphatic carbocycles. The van der Waals surface area contributed by atoms with Crippen LogP contribution in [0.15, 0.2) is 11.0 Å². The van der Waals surface area contributed by atoms with Crippen molar-refractivity contribution in [1.82, 2.24) is 9.55 Å². The predicted molar refractivity (Wildman–Crippen MR) is 171 cm³/mol. The maximum absolute atomic E-state index is 12.9. The maximum atomic E-state index is 12.9. The summed E-state index contributed by atoms with van der Waals surface area (Å²) < 4.78 is 19.1. The molecule has 1 aromatic heterocycles. The van der Waals surface area contributed by atoms with Gasteiger partial charge in [0.05, 0.1) is 6.10 Å². The number of hydrogen-bond donors (Lipinski definition) is 1. The van der Waals surface area contributed by atoms with Crippen molar-refractivity contribution in [2.24, 2.45) is 0 Å². The Kier molecular flexibility index (Phi) is 18.2. The molecule has 43 heavy (non-hydrogen) atoms. The van der Waals surface area contributed by atoms with E-state index in [1.807, 2.05) is 0 Å². The third kappa shape index (κ3) is 13.8. The van der Waals surface area contributed by atoms with E-state index in [4.69, 9.17) is 19.9 Å². The predicted octanol–water partition coefficient (Wildman–Crippen LogP) is 7.72. The van der Waals surface area contributed by atoms with Crippen LogP contribution >= 0.6 is 0 Å². The van der Waals surface area contributed by atoms with Gasteiger partial charge in [-0.15, -0.1) is 0 Å². The highest BCUT2D eigenvalue weighted by molar-refractivity contribution is 5.70. The summed E-state index contributed by atoms with van der Waals surface area (Å²) in [4.78, 5) is 42.4. The minimum Gasteiger partial charge on any atom is -0.455 e. The second-order valence-corrected chi connectivity index (χ2v) is 12.3. The average molecular weight is 606 g/mol. The molecule has 0 aromatic carbocycles. The van der Waals surface area contributed by atoms with Gasteiger partial charge in [0.2, 0.25) is 0 Å². The summed E-state index contributed by atoms with van der Waals surface area (Å²) in [6.45, 7) is 7.94. The van der Waals surface area contributed by atoms with Crippen LogP contribution in [0.5, 0.6) is 0 Å². The molecule has 9 nitrogen and oxygen atoms in total. The van der Waals surface area contributed by atoms with E-state index in [2.05, 4.69) is 18.8 Å². The summed E-state index contributed by atoms with van der Waals surface area (Å²) in [5.74, 6) is -0.595. The van der Waals surface area contributed by atoms with Crippen molar-refractivity contribution in [1.29, 1.82) is 0 Å². The fraction of sp³-hybridized carbons (Fsp3) is 0.824. The van der Waals surface area contributed by atoms with Crippen molar-refractivity contribution < 1.29 is 23.8 Å². The molecule has 0 unspecified atom stereocenters. The molecule has 1 aliphatic rings. The number of aromatic nitrogens is 2. The lowest BCUT2D eigenvalue weighted by atomic mass is 10.1. The van der Waals surface area contributed by atoms with E-state index < -0.39 is 30.2 Å². The van der Waals surface area contributed by atoms with E-state index in [1.54, 1.807) is 20.0 Å². The van der Waals surface area contributed by atoms with Crippen molar-refractivity contribution in [2.45, 2.75) is 181 Å². The van der Waals surface area contributed by atoms with Crippen LogP contribution in [-0.4, -0.2) is 39.8 Å². The molecule has 4 atom stereocenters. The van der Waals surface area contributed by atoms with Crippen LogP contribution in [0.2, 0.25) is 0 Å². The zero-order valence-corrected chi connectivity index (χ0v) is 27.5. The van der Waals surface area contributed by atoms with Crippen molar-refractivity contribution >= 4 is 17.8 Å². The topological polar surface area (TPSA) is 123 Å². The molecule has 1 fully saturated rings. The molecule has 0 saturated carbocycles. The Balaban J connectivity index is 1.92. The molecule has 246 valence electrons. The minimum absolute atomic E-state index is 0.134. The first-order chi connectivity index (χ1) is 20.8. The largest absolute Gasteiger partial charge is 0.455 e. The number of nitrogen functional groups attached to an aromatic ring is 1. The van der Waals surface area contributed by atoms with Crippen LogP contribution in [0.4, 0.5) is 5.82 Å². The molecule has 0 bridgehead atoms. The van der Waals surface area contributed by atoms with Crippen molar-refractivity contribution in [3.63, 3.8) is 0 Å². The molecule has 1 aliphatic heterocycles. The Hall–Kier alpha value is -2.42. The van der Waals surface area contributed by atoms with Gasteiger partial charge in [-0.25, -0.2) is 4.79 Å². The van der Waals surface area contributed by atoms with Gasteiger partial charge >= 0.3 is 17.6 Å². The number of carbonyl (C=O) groups is 2. The van der Waals surface area contributed by atoms with Gasteiger partial charge in [0.25, 0.3) is 0 Å².